The van der Waals surface area contributed by atoms with E-state index in [0.29, 0.717) is 17.8 Å². The number of carboxylic acids is 1. The molecule has 98 valence electrons. The molecule has 0 saturated carbocycles. The van der Waals surface area contributed by atoms with Crippen LogP contribution in [-0.2, 0) is 0 Å². The van der Waals surface area contributed by atoms with Gasteiger partial charge in [-0.15, -0.1) is 0 Å². The third kappa shape index (κ3) is 2.48. The number of benzene rings is 1. The largest absolute Gasteiger partial charge is 0.478 e. The summed E-state index contributed by atoms with van der Waals surface area (Å²) in [5.74, 6) is -0.637. The number of carboxylic acid groups (broad SMARTS) is 1. The number of aryl methyl sites for hydroxylation is 1. The first-order valence-electron chi connectivity index (χ1n) is 6.26. The summed E-state index contributed by atoms with van der Waals surface area (Å²) in [6.07, 6.45) is 0.496. The maximum Gasteiger partial charge on any atom is 0.337 e. The van der Waals surface area contributed by atoms with Gasteiger partial charge in [-0.05, 0) is 31.4 Å². The standard InChI is InChI=1S/C14H19NO3/c1-9-3-4-12(11(7-9)14(17)18)15-6-5-10(2)13(16)8-15/h3-4,7,10,13,16H,5-6,8H2,1-2H3,(H,17,18). The number of β-amino-alcohol motifs (C(OH)–C–C–N with tert-alkyl or cyclic N) is 1. The molecule has 1 aromatic rings. The molecule has 18 heavy (non-hydrogen) atoms. The van der Waals surface area contributed by atoms with E-state index in [2.05, 4.69) is 0 Å². The summed E-state index contributed by atoms with van der Waals surface area (Å²) in [4.78, 5) is 13.2. The number of aromatic carboxylic acids is 1. The van der Waals surface area contributed by atoms with Crippen molar-refractivity contribution in [2.45, 2.75) is 26.4 Å². The van der Waals surface area contributed by atoms with Crippen molar-refractivity contribution in [3.05, 3.63) is 29.3 Å². The minimum Gasteiger partial charge on any atom is -0.478 e. The number of aliphatic hydroxyl groups excluding tert-OH is 1. The van der Waals surface area contributed by atoms with E-state index in [4.69, 9.17) is 0 Å². The molecule has 0 aliphatic carbocycles. The fraction of sp³-hybridized carbons (Fsp3) is 0.500. The third-order valence-electron chi connectivity index (χ3n) is 3.64. The van der Waals surface area contributed by atoms with E-state index in [9.17, 15) is 15.0 Å². The Bertz CT molecular complexity index is 458. The monoisotopic (exact) mass is 249 g/mol. The Hall–Kier alpha value is -1.55. The van der Waals surface area contributed by atoms with Crippen LogP contribution in [0.15, 0.2) is 18.2 Å². The molecule has 2 N–H and O–H groups in total. The van der Waals surface area contributed by atoms with Gasteiger partial charge in [-0.25, -0.2) is 4.79 Å². The van der Waals surface area contributed by atoms with Crippen LogP contribution in [-0.4, -0.2) is 35.4 Å². The lowest BCUT2D eigenvalue weighted by atomic mass is 9.95. The Kier molecular flexibility index (Phi) is 3.57. The predicted molar refractivity (Wildman–Crippen MR) is 70.1 cm³/mol. The molecule has 2 unspecified atom stereocenters. The Morgan fingerprint density at radius 2 is 2.17 bits per heavy atom. The molecule has 1 aliphatic heterocycles. The lowest BCUT2D eigenvalue weighted by Crippen LogP contribution is -2.43. The molecule has 0 amide bonds. The average molecular weight is 249 g/mol. The number of aliphatic hydroxyl groups is 1. The zero-order valence-electron chi connectivity index (χ0n) is 10.8. The lowest BCUT2D eigenvalue weighted by molar-refractivity contribution is 0.0695. The van der Waals surface area contributed by atoms with Crippen LogP contribution in [0.4, 0.5) is 5.69 Å². The molecular formula is C14H19NO3. The highest BCUT2D eigenvalue weighted by Crippen LogP contribution is 2.27. The molecular weight excluding hydrogens is 230 g/mol. The van der Waals surface area contributed by atoms with Crippen molar-refractivity contribution in [2.24, 2.45) is 5.92 Å². The first-order valence-corrected chi connectivity index (χ1v) is 6.26. The van der Waals surface area contributed by atoms with Crippen LogP contribution in [0.2, 0.25) is 0 Å². The topological polar surface area (TPSA) is 60.8 Å². The molecule has 4 heteroatoms. The van der Waals surface area contributed by atoms with Gasteiger partial charge in [-0.3, -0.25) is 0 Å². The van der Waals surface area contributed by atoms with Gasteiger partial charge in [0.15, 0.2) is 0 Å². The van der Waals surface area contributed by atoms with Crippen LogP contribution in [0.1, 0.15) is 29.3 Å². The number of nitrogens with zero attached hydrogens (tertiary/aromatic N) is 1. The molecule has 1 aliphatic rings. The number of hydrogen-bond donors (Lipinski definition) is 2. The summed E-state index contributed by atoms with van der Waals surface area (Å²) in [7, 11) is 0. The van der Waals surface area contributed by atoms with E-state index in [1.165, 1.54) is 0 Å². The molecule has 0 aromatic heterocycles. The van der Waals surface area contributed by atoms with Crippen molar-refractivity contribution in [1.29, 1.82) is 0 Å². The minimum atomic E-state index is -0.915. The normalized spacial score (nSPS) is 24.1. The van der Waals surface area contributed by atoms with Gasteiger partial charge < -0.3 is 15.1 Å². The molecule has 2 atom stereocenters. The van der Waals surface area contributed by atoms with E-state index in [1.807, 2.05) is 30.9 Å². The van der Waals surface area contributed by atoms with Gasteiger partial charge >= 0.3 is 5.97 Å². The number of carbonyl (C=O) groups is 1. The highest BCUT2D eigenvalue weighted by atomic mass is 16.4. The number of hydrogen-bond acceptors (Lipinski definition) is 3. The van der Waals surface area contributed by atoms with E-state index in [0.717, 1.165) is 18.5 Å². The van der Waals surface area contributed by atoms with Crippen molar-refractivity contribution in [2.75, 3.05) is 18.0 Å². The summed E-state index contributed by atoms with van der Waals surface area (Å²) < 4.78 is 0. The van der Waals surface area contributed by atoms with Crippen LogP contribution >= 0.6 is 0 Å². The van der Waals surface area contributed by atoms with E-state index in [-0.39, 0.29) is 12.0 Å². The van der Waals surface area contributed by atoms with Gasteiger partial charge in [0.2, 0.25) is 0 Å². The predicted octanol–water partition coefficient (Wildman–Crippen LogP) is 1.90. The summed E-state index contributed by atoms with van der Waals surface area (Å²) in [6, 6.07) is 5.43. The lowest BCUT2D eigenvalue weighted by Gasteiger charge is -2.36. The van der Waals surface area contributed by atoms with Gasteiger partial charge in [-0.1, -0.05) is 18.6 Å². The average Bonchev–Trinajstić information content (AvgIpc) is 2.32. The Morgan fingerprint density at radius 3 is 2.78 bits per heavy atom. The van der Waals surface area contributed by atoms with Crippen LogP contribution < -0.4 is 4.90 Å². The zero-order chi connectivity index (χ0) is 13.3. The maximum absolute atomic E-state index is 11.3. The van der Waals surface area contributed by atoms with E-state index in [1.54, 1.807) is 6.07 Å². The molecule has 1 aromatic carbocycles. The Labute approximate surface area is 107 Å². The van der Waals surface area contributed by atoms with Crippen LogP contribution in [0, 0.1) is 12.8 Å². The van der Waals surface area contributed by atoms with Crippen molar-refractivity contribution >= 4 is 11.7 Å². The fourth-order valence-corrected chi connectivity index (χ4v) is 2.36. The summed E-state index contributed by atoms with van der Waals surface area (Å²) in [6.45, 7) is 5.20. The molecule has 4 nitrogen and oxygen atoms in total. The second kappa shape index (κ2) is 4.98. The van der Waals surface area contributed by atoms with E-state index < -0.39 is 5.97 Å². The van der Waals surface area contributed by atoms with Crippen LogP contribution in [0.25, 0.3) is 0 Å². The number of rotatable bonds is 2. The number of anilines is 1. The Balaban J connectivity index is 2.30. The fourth-order valence-electron chi connectivity index (χ4n) is 2.36. The molecule has 0 spiro atoms. The van der Waals surface area contributed by atoms with Gasteiger partial charge in [0, 0.05) is 13.1 Å². The third-order valence-corrected chi connectivity index (χ3v) is 3.64. The number of piperidine rings is 1. The summed E-state index contributed by atoms with van der Waals surface area (Å²) in [5, 5.41) is 19.2. The highest BCUT2D eigenvalue weighted by molar-refractivity contribution is 5.94. The van der Waals surface area contributed by atoms with Crippen molar-refractivity contribution < 1.29 is 15.0 Å². The molecule has 0 radical (unpaired) electrons. The molecule has 1 saturated heterocycles. The quantitative estimate of drug-likeness (QED) is 0.840. The summed E-state index contributed by atoms with van der Waals surface area (Å²) >= 11 is 0. The zero-order valence-corrected chi connectivity index (χ0v) is 10.8. The minimum absolute atomic E-state index is 0.278. The first kappa shape index (κ1) is 12.9. The smallest absolute Gasteiger partial charge is 0.337 e. The second-order valence-corrected chi connectivity index (χ2v) is 5.11. The van der Waals surface area contributed by atoms with Crippen LogP contribution in [0.3, 0.4) is 0 Å². The van der Waals surface area contributed by atoms with Crippen LogP contribution in [0.5, 0.6) is 0 Å². The van der Waals surface area contributed by atoms with Crippen molar-refractivity contribution in [3.8, 4) is 0 Å². The first-order chi connectivity index (χ1) is 8.49. The van der Waals surface area contributed by atoms with Gasteiger partial charge in [-0.2, -0.15) is 0 Å². The van der Waals surface area contributed by atoms with Gasteiger partial charge in [0.1, 0.15) is 0 Å². The van der Waals surface area contributed by atoms with Crippen molar-refractivity contribution in [3.63, 3.8) is 0 Å². The van der Waals surface area contributed by atoms with E-state index >= 15 is 0 Å². The highest BCUT2D eigenvalue weighted by Gasteiger charge is 2.26. The van der Waals surface area contributed by atoms with Gasteiger partial charge in [0.25, 0.3) is 0 Å². The van der Waals surface area contributed by atoms with Crippen molar-refractivity contribution in [1.82, 2.24) is 0 Å². The molecule has 1 heterocycles. The maximum atomic E-state index is 11.3. The Morgan fingerprint density at radius 1 is 1.44 bits per heavy atom. The molecule has 1 fully saturated rings. The molecule has 0 bridgehead atoms. The summed E-state index contributed by atoms with van der Waals surface area (Å²) in [5.41, 5.74) is 1.96. The van der Waals surface area contributed by atoms with Gasteiger partial charge in [0.05, 0.1) is 17.4 Å². The molecule has 2 rings (SSSR count). The second-order valence-electron chi connectivity index (χ2n) is 5.11. The SMILES string of the molecule is Cc1ccc(N2CCC(C)C(O)C2)c(C(=O)O)c1.